The van der Waals surface area contributed by atoms with Crippen LogP contribution in [-0.4, -0.2) is 25.2 Å². The highest BCUT2D eigenvalue weighted by molar-refractivity contribution is 6.03. The van der Waals surface area contributed by atoms with Crippen LogP contribution in [0.3, 0.4) is 0 Å². The summed E-state index contributed by atoms with van der Waals surface area (Å²) in [7, 11) is 0. The number of carbonyl (C=O) groups excluding carboxylic acids is 2. The van der Waals surface area contributed by atoms with E-state index in [0.717, 1.165) is 6.07 Å². The van der Waals surface area contributed by atoms with E-state index < -0.39 is 23.6 Å². The second-order valence-electron chi connectivity index (χ2n) is 6.48. The smallest absolute Gasteiger partial charge is 0.418 e. The fourth-order valence-electron chi connectivity index (χ4n) is 3.26. The van der Waals surface area contributed by atoms with Crippen molar-refractivity contribution in [1.29, 1.82) is 0 Å². The Bertz CT molecular complexity index is 945. The Morgan fingerprint density at radius 2 is 1.86 bits per heavy atom. The van der Waals surface area contributed by atoms with Crippen molar-refractivity contribution in [1.82, 2.24) is 0 Å². The van der Waals surface area contributed by atoms with E-state index in [2.05, 4.69) is 5.32 Å². The van der Waals surface area contributed by atoms with Gasteiger partial charge in [0.2, 0.25) is 18.6 Å². The van der Waals surface area contributed by atoms with Gasteiger partial charge in [0.1, 0.15) is 0 Å². The average molecular weight is 392 g/mol. The number of rotatable bonds is 3. The number of carbonyl (C=O) groups is 2. The van der Waals surface area contributed by atoms with Gasteiger partial charge in [-0.3, -0.25) is 9.59 Å². The van der Waals surface area contributed by atoms with Crippen LogP contribution < -0.4 is 19.7 Å². The molecule has 2 aliphatic heterocycles. The first-order valence-electron chi connectivity index (χ1n) is 8.50. The maximum absolute atomic E-state index is 13.1. The summed E-state index contributed by atoms with van der Waals surface area (Å²) in [5.41, 5.74) is -0.713. The number of ether oxygens (including phenoxy) is 2. The second-order valence-corrected chi connectivity index (χ2v) is 6.48. The molecule has 1 fully saturated rings. The third kappa shape index (κ3) is 3.35. The van der Waals surface area contributed by atoms with E-state index >= 15 is 0 Å². The third-order valence-electron chi connectivity index (χ3n) is 4.65. The number of halogens is 3. The molecule has 0 radical (unpaired) electrons. The van der Waals surface area contributed by atoms with Crippen LogP contribution in [0.25, 0.3) is 0 Å². The Hall–Kier alpha value is -3.23. The minimum Gasteiger partial charge on any atom is -0.454 e. The van der Waals surface area contributed by atoms with Gasteiger partial charge in [-0.25, -0.2) is 0 Å². The van der Waals surface area contributed by atoms with Crippen molar-refractivity contribution in [3.05, 3.63) is 48.0 Å². The number of hydrogen-bond donors (Lipinski definition) is 1. The van der Waals surface area contributed by atoms with Crippen LogP contribution in [0.1, 0.15) is 12.0 Å². The quantitative estimate of drug-likeness (QED) is 0.869. The molecule has 1 N–H and O–H groups in total. The van der Waals surface area contributed by atoms with Gasteiger partial charge >= 0.3 is 6.18 Å². The number of nitrogens with zero attached hydrogens (tertiary/aromatic N) is 1. The van der Waals surface area contributed by atoms with Crippen molar-refractivity contribution >= 4 is 23.2 Å². The average Bonchev–Trinajstić information content (AvgIpc) is 3.27. The summed E-state index contributed by atoms with van der Waals surface area (Å²) in [6.45, 7) is 0.162. The molecule has 0 bridgehead atoms. The number of alkyl halides is 3. The van der Waals surface area contributed by atoms with Crippen LogP contribution in [0, 0.1) is 5.92 Å². The monoisotopic (exact) mass is 392 g/mol. The van der Waals surface area contributed by atoms with Crippen LogP contribution >= 0.6 is 0 Å². The summed E-state index contributed by atoms with van der Waals surface area (Å²) in [5.74, 6) is -0.624. The van der Waals surface area contributed by atoms with Crippen molar-refractivity contribution in [2.45, 2.75) is 12.6 Å². The van der Waals surface area contributed by atoms with Gasteiger partial charge in [-0.1, -0.05) is 12.1 Å². The SMILES string of the molecule is O=C(Nc1ccccc1C(F)(F)F)C1CC(=O)N(c2ccc3c(c2)OCO3)C1. The molecule has 0 saturated carbocycles. The zero-order chi connectivity index (χ0) is 19.9. The maximum Gasteiger partial charge on any atom is 0.418 e. The van der Waals surface area contributed by atoms with Crippen molar-refractivity contribution in [2.75, 3.05) is 23.6 Å². The molecule has 0 spiro atoms. The Morgan fingerprint density at radius 3 is 2.64 bits per heavy atom. The lowest BCUT2D eigenvalue weighted by atomic mass is 10.1. The summed E-state index contributed by atoms with van der Waals surface area (Å²) in [5, 5.41) is 2.31. The van der Waals surface area contributed by atoms with E-state index in [-0.39, 0.29) is 31.4 Å². The molecule has 1 saturated heterocycles. The van der Waals surface area contributed by atoms with Crippen LogP contribution in [0.15, 0.2) is 42.5 Å². The maximum atomic E-state index is 13.1. The molecule has 4 rings (SSSR count). The van der Waals surface area contributed by atoms with E-state index in [0.29, 0.717) is 17.2 Å². The lowest BCUT2D eigenvalue weighted by molar-refractivity contribution is -0.137. The van der Waals surface area contributed by atoms with Crippen LogP contribution in [0.4, 0.5) is 24.5 Å². The van der Waals surface area contributed by atoms with Gasteiger partial charge in [-0.2, -0.15) is 13.2 Å². The number of hydrogen-bond acceptors (Lipinski definition) is 4. The van der Waals surface area contributed by atoms with E-state index in [1.807, 2.05) is 0 Å². The van der Waals surface area contributed by atoms with Gasteiger partial charge in [0, 0.05) is 24.7 Å². The van der Waals surface area contributed by atoms with Crippen LogP contribution in [-0.2, 0) is 15.8 Å². The zero-order valence-corrected chi connectivity index (χ0v) is 14.5. The van der Waals surface area contributed by atoms with Crippen molar-refractivity contribution in [2.24, 2.45) is 5.92 Å². The zero-order valence-electron chi connectivity index (χ0n) is 14.5. The van der Waals surface area contributed by atoms with Gasteiger partial charge in [-0.15, -0.1) is 0 Å². The molecule has 2 aliphatic rings. The van der Waals surface area contributed by atoms with Crippen molar-refractivity contribution in [3.63, 3.8) is 0 Å². The van der Waals surface area contributed by atoms with E-state index in [1.54, 1.807) is 18.2 Å². The molecule has 28 heavy (non-hydrogen) atoms. The van der Waals surface area contributed by atoms with Gasteiger partial charge in [0.15, 0.2) is 11.5 Å². The Balaban J connectivity index is 1.49. The molecule has 2 aromatic rings. The standard InChI is InChI=1S/C19H15F3N2O4/c20-19(21,22)13-3-1-2-4-14(13)23-18(26)11-7-17(25)24(9-11)12-5-6-15-16(8-12)28-10-27-15/h1-6,8,11H,7,9-10H2,(H,23,26). The van der Waals surface area contributed by atoms with Crippen molar-refractivity contribution in [3.8, 4) is 11.5 Å². The molecule has 0 aliphatic carbocycles. The van der Waals surface area contributed by atoms with Gasteiger partial charge in [0.25, 0.3) is 0 Å². The number of nitrogens with one attached hydrogen (secondary N) is 1. The van der Waals surface area contributed by atoms with E-state index in [9.17, 15) is 22.8 Å². The topological polar surface area (TPSA) is 67.9 Å². The summed E-state index contributed by atoms with van der Waals surface area (Å²) in [6, 6.07) is 9.71. The number of benzene rings is 2. The predicted octanol–water partition coefficient (Wildman–Crippen LogP) is 3.43. The molecule has 1 unspecified atom stereocenters. The highest BCUT2D eigenvalue weighted by Gasteiger charge is 2.38. The molecule has 9 heteroatoms. The normalized spacial score (nSPS) is 18.5. The summed E-state index contributed by atoms with van der Waals surface area (Å²) in [4.78, 5) is 26.3. The Labute approximate surface area is 157 Å². The first kappa shape index (κ1) is 18.1. The number of fused-ring (bicyclic) bond motifs is 1. The van der Waals surface area contributed by atoms with Crippen LogP contribution in [0.5, 0.6) is 11.5 Å². The summed E-state index contributed by atoms with van der Waals surface area (Å²) in [6.07, 6.45) is -4.68. The van der Waals surface area contributed by atoms with Crippen LogP contribution in [0.2, 0.25) is 0 Å². The predicted molar refractivity (Wildman–Crippen MR) is 93.1 cm³/mol. The highest BCUT2D eigenvalue weighted by Crippen LogP contribution is 2.38. The first-order valence-corrected chi connectivity index (χ1v) is 8.50. The second kappa shape index (κ2) is 6.74. The fraction of sp³-hybridized carbons (Fsp3) is 0.263. The third-order valence-corrected chi connectivity index (χ3v) is 4.65. The summed E-state index contributed by atoms with van der Waals surface area (Å²) < 4.78 is 49.8. The Morgan fingerprint density at radius 1 is 1.11 bits per heavy atom. The molecular formula is C19H15F3N2O4. The van der Waals surface area contributed by atoms with Gasteiger partial charge in [-0.05, 0) is 24.3 Å². The first-order chi connectivity index (χ1) is 13.3. The minimum absolute atomic E-state index is 0.0680. The van der Waals surface area contributed by atoms with Gasteiger partial charge in [0.05, 0.1) is 17.2 Å². The molecule has 2 heterocycles. The Kier molecular flexibility index (Phi) is 4.37. The lowest BCUT2D eigenvalue weighted by Gasteiger charge is -2.18. The summed E-state index contributed by atoms with van der Waals surface area (Å²) >= 11 is 0. The van der Waals surface area contributed by atoms with Gasteiger partial charge < -0.3 is 19.7 Å². The number of amides is 2. The highest BCUT2D eigenvalue weighted by atomic mass is 19.4. The lowest BCUT2D eigenvalue weighted by Crippen LogP contribution is -2.28. The number of para-hydroxylation sites is 1. The minimum atomic E-state index is -4.59. The molecule has 2 amide bonds. The molecular weight excluding hydrogens is 377 g/mol. The van der Waals surface area contributed by atoms with E-state index in [1.165, 1.54) is 23.1 Å². The van der Waals surface area contributed by atoms with E-state index in [4.69, 9.17) is 9.47 Å². The largest absolute Gasteiger partial charge is 0.454 e. The molecule has 146 valence electrons. The molecule has 1 atom stereocenters. The molecule has 2 aromatic carbocycles. The fourth-order valence-corrected chi connectivity index (χ4v) is 3.26. The van der Waals surface area contributed by atoms with Crippen molar-refractivity contribution < 1.29 is 32.2 Å². The molecule has 0 aromatic heterocycles. The number of anilines is 2. The molecule has 6 nitrogen and oxygen atoms in total.